The maximum absolute atomic E-state index is 2.65. The normalized spacial score (nSPS) is 14.1. The van der Waals surface area contributed by atoms with E-state index in [0.717, 1.165) is 6.54 Å². The zero-order valence-electron chi connectivity index (χ0n) is 14.5. The second-order valence-corrected chi connectivity index (χ2v) is 7.69. The molecule has 1 aromatic rings. The Kier molecular flexibility index (Phi) is 6.26. The van der Waals surface area contributed by atoms with Gasteiger partial charge < -0.3 is 0 Å². The van der Waals surface area contributed by atoms with Gasteiger partial charge in [-0.15, -0.1) is 0 Å². The third-order valence-corrected chi connectivity index (χ3v) is 4.32. The molecule has 0 aliphatic carbocycles. The summed E-state index contributed by atoms with van der Waals surface area (Å²) in [6, 6.07) is 9.40. The van der Waals surface area contributed by atoms with Gasteiger partial charge in [0.25, 0.3) is 0 Å². The molecule has 1 rings (SSSR count). The summed E-state index contributed by atoms with van der Waals surface area (Å²) in [4.78, 5) is 2.65. The summed E-state index contributed by atoms with van der Waals surface area (Å²) in [6.07, 6.45) is 1.25. The van der Waals surface area contributed by atoms with Crippen LogP contribution in [-0.4, -0.2) is 17.5 Å². The Morgan fingerprint density at radius 1 is 1.05 bits per heavy atom. The van der Waals surface area contributed by atoms with Gasteiger partial charge in [0.2, 0.25) is 0 Å². The topological polar surface area (TPSA) is 3.24 Å². The van der Waals surface area contributed by atoms with E-state index in [1.807, 2.05) is 0 Å². The first-order valence-electron chi connectivity index (χ1n) is 7.99. The van der Waals surface area contributed by atoms with Crippen molar-refractivity contribution in [2.75, 3.05) is 6.54 Å². The van der Waals surface area contributed by atoms with Gasteiger partial charge in [-0.05, 0) is 49.3 Å². The summed E-state index contributed by atoms with van der Waals surface area (Å²) in [6.45, 7) is 18.5. The smallest absolute Gasteiger partial charge is 0.0239 e. The third-order valence-electron chi connectivity index (χ3n) is 4.32. The Labute approximate surface area is 126 Å². The number of hydrogen-bond acceptors (Lipinski definition) is 1. The standard InChI is InChI=1S/C19H33N/c1-15(2)17(4)20(13-12-19(5,6)7)14-18-11-9-8-10-16(18)3/h8-11,15,17H,12-14H2,1-7H3. The Bertz CT molecular complexity index is 400. The molecule has 20 heavy (non-hydrogen) atoms. The van der Waals surface area contributed by atoms with Crippen LogP contribution in [0, 0.1) is 18.3 Å². The van der Waals surface area contributed by atoms with Crippen LogP contribution in [0.5, 0.6) is 0 Å². The maximum atomic E-state index is 2.65. The monoisotopic (exact) mass is 275 g/mol. The van der Waals surface area contributed by atoms with Crippen LogP contribution in [0.15, 0.2) is 24.3 Å². The van der Waals surface area contributed by atoms with E-state index in [9.17, 15) is 0 Å². The van der Waals surface area contributed by atoms with Gasteiger partial charge in [0, 0.05) is 12.6 Å². The molecular formula is C19H33N. The summed E-state index contributed by atoms with van der Waals surface area (Å²) < 4.78 is 0. The molecule has 1 aromatic carbocycles. The molecule has 0 aromatic heterocycles. The highest BCUT2D eigenvalue weighted by Crippen LogP contribution is 2.23. The highest BCUT2D eigenvalue weighted by molar-refractivity contribution is 5.25. The molecule has 1 atom stereocenters. The van der Waals surface area contributed by atoms with Crippen molar-refractivity contribution >= 4 is 0 Å². The van der Waals surface area contributed by atoms with Gasteiger partial charge in [0.05, 0.1) is 0 Å². The summed E-state index contributed by atoms with van der Waals surface area (Å²) >= 11 is 0. The molecule has 0 fully saturated rings. The Morgan fingerprint density at radius 3 is 2.15 bits per heavy atom. The fraction of sp³-hybridized carbons (Fsp3) is 0.684. The van der Waals surface area contributed by atoms with Crippen LogP contribution in [0.3, 0.4) is 0 Å². The molecule has 0 bridgehead atoms. The fourth-order valence-corrected chi connectivity index (χ4v) is 2.33. The lowest BCUT2D eigenvalue weighted by Crippen LogP contribution is -2.38. The van der Waals surface area contributed by atoms with E-state index in [-0.39, 0.29) is 0 Å². The molecule has 0 N–H and O–H groups in total. The van der Waals surface area contributed by atoms with Crippen molar-refractivity contribution in [3.05, 3.63) is 35.4 Å². The van der Waals surface area contributed by atoms with Crippen LogP contribution in [0.2, 0.25) is 0 Å². The number of benzene rings is 1. The molecule has 0 saturated heterocycles. The lowest BCUT2D eigenvalue weighted by atomic mass is 9.91. The van der Waals surface area contributed by atoms with Crippen LogP contribution in [0.25, 0.3) is 0 Å². The summed E-state index contributed by atoms with van der Waals surface area (Å²) in [7, 11) is 0. The highest BCUT2D eigenvalue weighted by Gasteiger charge is 2.20. The van der Waals surface area contributed by atoms with Gasteiger partial charge in [0.1, 0.15) is 0 Å². The van der Waals surface area contributed by atoms with E-state index >= 15 is 0 Å². The number of aryl methyl sites for hydroxylation is 1. The highest BCUT2D eigenvalue weighted by atomic mass is 15.1. The SMILES string of the molecule is Cc1ccccc1CN(CCC(C)(C)C)C(C)C(C)C. The molecule has 0 aliphatic heterocycles. The van der Waals surface area contributed by atoms with Crippen molar-refractivity contribution in [3.8, 4) is 0 Å². The summed E-state index contributed by atoms with van der Waals surface area (Å²) in [5.41, 5.74) is 3.28. The molecule has 0 radical (unpaired) electrons. The van der Waals surface area contributed by atoms with E-state index in [4.69, 9.17) is 0 Å². The first kappa shape index (κ1) is 17.2. The van der Waals surface area contributed by atoms with Gasteiger partial charge in [-0.3, -0.25) is 4.90 Å². The van der Waals surface area contributed by atoms with E-state index in [2.05, 4.69) is 77.6 Å². The van der Waals surface area contributed by atoms with Crippen LogP contribution in [0.1, 0.15) is 59.1 Å². The molecule has 1 unspecified atom stereocenters. The number of nitrogens with zero attached hydrogens (tertiary/aromatic N) is 1. The molecular weight excluding hydrogens is 242 g/mol. The van der Waals surface area contributed by atoms with Crippen LogP contribution < -0.4 is 0 Å². The molecule has 0 spiro atoms. The second-order valence-electron chi connectivity index (χ2n) is 7.69. The molecule has 1 nitrogen and oxygen atoms in total. The maximum Gasteiger partial charge on any atom is 0.0239 e. The first-order chi connectivity index (χ1) is 9.20. The minimum Gasteiger partial charge on any atom is -0.296 e. The van der Waals surface area contributed by atoms with Crippen molar-refractivity contribution in [2.45, 2.75) is 67.5 Å². The van der Waals surface area contributed by atoms with Crippen molar-refractivity contribution in [3.63, 3.8) is 0 Å². The third kappa shape index (κ3) is 5.66. The number of hydrogen-bond donors (Lipinski definition) is 0. The van der Waals surface area contributed by atoms with E-state index in [1.165, 1.54) is 24.1 Å². The van der Waals surface area contributed by atoms with Gasteiger partial charge >= 0.3 is 0 Å². The summed E-state index contributed by atoms with van der Waals surface area (Å²) in [5.74, 6) is 0.694. The van der Waals surface area contributed by atoms with Crippen LogP contribution in [-0.2, 0) is 6.54 Å². The van der Waals surface area contributed by atoms with Crippen molar-refractivity contribution in [2.24, 2.45) is 11.3 Å². The predicted molar refractivity (Wildman–Crippen MR) is 90.0 cm³/mol. The quantitative estimate of drug-likeness (QED) is 0.683. The van der Waals surface area contributed by atoms with Gasteiger partial charge in [-0.1, -0.05) is 58.9 Å². The fourth-order valence-electron chi connectivity index (χ4n) is 2.33. The van der Waals surface area contributed by atoms with E-state index in [1.54, 1.807) is 0 Å². The van der Waals surface area contributed by atoms with Gasteiger partial charge in [-0.2, -0.15) is 0 Å². The predicted octanol–water partition coefficient (Wildman–Crippen LogP) is 5.28. The molecule has 0 heterocycles. The van der Waals surface area contributed by atoms with Crippen molar-refractivity contribution in [1.82, 2.24) is 4.90 Å². The molecule has 0 saturated carbocycles. The lowest BCUT2D eigenvalue weighted by molar-refractivity contribution is 0.139. The van der Waals surface area contributed by atoms with Gasteiger partial charge in [0.15, 0.2) is 0 Å². The first-order valence-corrected chi connectivity index (χ1v) is 7.99. The average Bonchev–Trinajstić information content (AvgIpc) is 2.34. The van der Waals surface area contributed by atoms with E-state index in [0.29, 0.717) is 17.4 Å². The van der Waals surface area contributed by atoms with E-state index < -0.39 is 0 Å². The Balaban J connectivity index is 2.80. The molecule has 1 heteroatoms. The summed E-state index contributed by atoms with van der Waals surface area (Å²) in [5, 5.41) is 0. The zero-order chi connectivity index (χ0) is 15.3. The van der Waals surface area contributed by atoms with Gasteiger partial charge in [-0.25, -0.2) is 0 Å². The Morgan fingerprint density at radius 2 is 1.65 bits per heavy atom. The van der Waals surface area contributed by atoms with Crippen LogP contribution >= 0.6 is 0 Å². The molecule has 0 aliphatic rings. The average molecular weight is 275 g/mol. The Hall–Kier alpha value is -0.820. The minimum atomic E-state index is 0.403. The molecule has 114 valence electrons. The van der Waals surface area contributed by atoms with Crippen molar-refractivity contribution < 1.29 is 0 Å². The molecule has 0 amide bonds. The number of rotatable bonds is 6. The van der Waals surface area contributed by atoms with Crippen LogP contribution in [0.4, 0.5) is 0 Å². The largest absolute Gasteiger partial charge is 0.296 e. The lowest BCUT2D eigenvalue weighted by Gasteiger charge is -2.34. The zero-order valence-corrected chi connectivity index (χ0v) is 14.5. The minimum absolute atomic E-state index is 0.403. The van der Waals surface area contributed by atoms with Crippen molar-refractivity contribution in [1.29, 1.82) is 0 Å². The second kappa shape index (κ2) is 7.26.